The lowest BCUT2D eigenvalue weighted by Gasteiger charge is -2.06. The van der Waals surface area contributed by atoms with Gasteiger partial charge in [0.1, 0.15) is 5.82 Å². The van der Waals surface area contributed by atoms with E-state index in [-0.39, 0.29) is 5.82 Å². The van der Waals surface area contributed by atoms with Crippen molar-refractivity contribution in [3.05, 3.63) is 53.5 Å². The molecular formula is C12H8F3N3O. The van der Waals surface area contributed by atoms with Gasteiger partial charge in [-0.25, -0.2) is 18.2 Å². The molecule has 0 unspecified atom stereocenters. The second-order valence-electron chi connectivity index (χ2n) is 3.65. The molecule has 98 valence electrons. The average molecular weight is 267 g/mol. The summed E-state index contributed by atoms with van der Waals surface area (Å²) >= 11 is 0. The standard InChI is InChI=1S/C12H8F3N3O/c13-8-2-1-7(10(14)11(8)15)12(19)18-9-5-6(16)3-4-17-9/h1-5H,(H3,16,17,18,19). The van der Waals surface area contributed by atoms with Gasteiger partial charge in [0.2, 0.25) is 0 Å². The van der Waals surface area contributed by atoms with Gasteiger partial charge in [-0.3, -0.25) is 4.79 Å². The first-order valence-corrected chi connectivity index (χ1v) is 5.15. The van der Waals surface area contributed by atoms with E-state index in [1.807, 2.05) is 0 Å². The lowest BCUT2D eigenvalue weighted by molar-refractivity contribution is 0.102. The van der Waals surface area contributed by atoms with Gasteiger partial charge in [-0.05, 0) is 18.2 Å². The Morgan fingerprint density at radius 1 is 1.16 bits per heavy atom. The van der Waals surface area contributed by atoms with Crippen molar-refractivity contribution in [2.75, 3.05) is 11.1 Å². The first kappa shape index (κ1) is 12.9. The Bertz CT molecular complexity index is 646. The highest BCUT2D eigenvalue weighted by Crippen LogP contribution is 2.17. The molecule has 1 aromatic heterocycles. The normalized spacial score (nSPS) is 10.3. The number of nitrogens with zero attached hydrogens (tertiary/aromatic N) is 1. The summed E-state index contributed by atoms with van der Waals surface area (Å²) in [4.78, 5) is 15.5. The number of halogens is 3. The van der Waals surface area contributed by atoms with Crippen molar-refractivity contribution in [3.8, 4) is 0 Å². The van der Waals surface area contributed by atoms with E-state index in [0.29, 0.717) is 11.8 Å². The van der Waals surface area contributed by atoms with Crippen LogP contribution >= 0.6 is 0 Å². The number of amides is 1. The number of nitrogens with two attached hydrogens (primary N) is 1. The number of hydrogen-bond acceptors (Lipinski definition) is 3. The Morgan fingerprint density at radius 3 is 2.58 bits per heavy atom. The van der Waals surface area contributed by atoms with Crippen LogP contribution in [0.25, 0.3) is 0 Å². The van der Waals surface area contributed by atoms with Crippen LogP contribution in [-0.4, -0.2) is 10.9 Å². The fourth-order valence-corrected chi connectivity index (χ4v) is 1.40. The number of carbonyl (C=O) groups is 1. The van der Waals surface area contributed by atoms with Gasteiger partial charge in [-0.1, -0.05) is 0 Å². The molecule has 0 atom stereocenters. The van der Waals surface area contributed by atoms with E-state index < -0.39 is 28.9 Å². The maximum absolute atomic E-state index is 13.4. The molecule has 2 rings (SSSR count). The highest BCUT2D eigenvalue weighted by Gasteiger charge is 2.19. The van der Waals surface area contributed by atoms with Crippen molar-refractivity contribution in [2.45, 2.75) is 0 Å². The SMILES string of the molecule is Nc1ccnc(NC(=O)c2ccc(F)c(F)c2F)c1. The minimum Gasteiger partial charge on any atom is -0.399 e. The Hall–Kier alpha value is -2.57. The van der Waals surface area contributed by atoms with E-state index in [0.717, 1.165) is 6.07 Å². The summed E-state index contributed by atoms with van der Waals surface area (Å²) in [7, 11) is 0. The van der Waals surface area contributed by atoms with Crippen molar-refractivity contribution in [2.24, 2.45) is 0 Å². The molecule has 1 aromatic carbocycles. The molecule has 2 aromatic rings. The fraction of sp³-hybridized carbons (Fsp3) is 0. The van der Waals surface area contributed by atoms with Gasteiger partial charge in [0, 0.05) is 18.0 Å². The van der Waals surface area contributed by atoms with Crippen LogP contribution < -0.4 is 11.1 Å². The van der Waals surface area contributed by atoms with Crippen LogP contribution in [0.1, 0.15) is 10.4 Å². The summed E-state index contributed by atoms with van der Waals surface area (Å²) in [6.07, 6.45) is 1.34. The molecule has 3 N–H and O–H groups in total. The quantitative estimate of drug-likeness (QED) is 0.820. The van der Waals surface area contributed by atoms with Crippen LogP contribution in [0.2, 0.25) is 0 Å². The van der Waals surface area contributed by atoms with E-state index in [1.165, 1.54) is 18.3 Å². The Labute approximate surface area is 106 Å². The summed E-state index contributed by atoms with van der Waals surface area (Å²) in [6.45, 7) is 0. The number of rotatable bonds is 2. The molecule has 0 aliphatic rings. The lowest BCUT2D eigenvalue weighted by Crippen LogP contribution is -2.16. The third-order valence-electron chi connectivity index (χ3n) is 2.31. The number of anilines is 2. The van der Waals surface area contributed by atoms with E-state index in [1.54, 1.807) is 0 Å². The topological polar surface area (TPSA) is 68.0 Å². The van der Waals surface area contributed by atoms with Crippen molar-refractivity contribution in [1.82, 2.24) is 4.98 Å². The van der Waals surface area contributed by atoms with Crippen molar-refractivity contribution >= 4 is 17.4 Å². The van der Waals surface area contributed by atoms with Crippen molar-refractivity contribution in [1.29, 1.82) is 0 Å². The number of aromatic nitrogens is 1. The molecule has 0 bridgehead atoms. The van der Waals surface area contributed by atoms with Crippen LogP contribution in [-0.2, 0) is 0 Å². The highest BCUT2D eigenvalue weighted by molar-refractivity contribution is 6.04. The Kier molecular flexibility index (Phi) is 3.37. The summed E-state index contributed by atoms with van der Waals surface area (Å²) in [5, 5.41) is 2.23. The van der Waals surface area contributed by atoms with Crippen molar-refractivity contribution < 1.29 is 18.0 Å². The van der Waals surface area contributed by atoms with E-state index in [2.05, 4.69) is 10.3 Å². The summed E-state index contributed by atoms with van der Waals surface area (Å²) in [6, 6.07) is 4.35. The molecule has 0 radical (unpaired) electrons. The molecule has 0 saturated carbocycles. The average Bonchev–Trinajstić information content (AvgIpc) is 2.36. The number of nitrogens with one attached hydrogen (secondary N) is 1. The van der Waals surface area contributed by atoms with Crippen LogP contribution in [0.5, 0.6) is 0 Å². The number of hydrogen-bond donors (Lipinski definition) is 2. The van der Waals surface area contributed by atoms with Gasteiger partial charge in [0.05, 0.1) is 5.56 Å². The molecule has 4 nitrogen and oxygen atoms in total. The molecule has 0 saturated heterocycles. The second kappa shape index (κ2) is 4.97. The largest absolute Gasteiger partial charge is 0.399 e. The van der Waals surface area contributed by atoms with Gasteiger partial charge in [-0.2, -0.15) is 0 Å². The van der Waals surface area contributed by atoms with Gasteiger partial charge in [0.15, 0.2) is 17.5 Å². The zero-order valence-electron chi connectivity index (χ0n) is 9.45. The first-order valence-electron chi connectivity index (χ1n) is 5.15. The second-order valence-corrected chi connectivity index (χ2v) is 3.65. The number of pyridine rings is 1. The van der Waals surface area contributed by atoms with Gasteiger partial charge in [0.25, 0.3) is 5.91 Å². The monoisotopic (exact) mass is 267 g/mol. The van der Waals surface area contributed by atoms with Crippen molar-refractivity contribution in [3.63, 3.8) is 0 Å². The molecule has 19 heavy (non-hydrogen) atoms. The third-order valence-corrected chi connectivity index (χ3v) is 2.31. The minimum absolute atomic E-state index is 0.0779. The first-order chi connectivity index (χ1) is 8.99. The molecular weight excluding hydrogens is 259 g/mol. The molecule has 7 heteroatoms. The summed E-state index contributed by atoms with van der Waals surface area (Å²) < 4.78 is 39.1. The van der Waals surface area contributed by atoms with Crippen LogP contribution in [0.4, 0.5) is 24.7 Å². The van der Waals surface area contributed by atoms with Gasteiger partial charge < -0.3 is 11.1 Å². The van der Waals surface area contributed by atoms with E-state index in [4.69, 9.17) is 5.73 Å². The maximum atomic E-state index is 13.4. The molecule has 1 heterocycles. The van der Waals surface area contributed by atoms with E-state index >= 15 is 0 Å². The number of carbonyl (C=O) groups excluding carboxylic acids is 1. The van der Waals surface area contributed by atoms with Gasteiger partial charge in [-0.15, -0.1) is 0 Å². The maximum Gasteiger partial charge on any atom is 0.259 e. The molecule has 0 aliphatic carbocycles. The fourth-order valence-electron chi connectivity index (χ4n) is 1.40. The number of nitrogen functional groups attached to an aromatic ring is 1. The lowest BCUT2D eigenvalue weighted by atomic mass is 10.2. The zero-order chi connectivity index (χ0) is 14.0. The predicted octanol–water partition coefficient (Wildman–Crippen LogP) is 2.33. The number of benzene rings is 1. The van der Waals surface area contributed by atoms with Gasteiger partial charge >= 0.3 is 0 Å². The third kappa shape index (κ3) is 2.65. The summed E-state index contributed by atoms with van der Waals surface area (Å²) in [5.41, 5.74) is 5.19. The highest BCUT2D eigenvalue weighted by atomic mass is 19.2. The van der Waals surface area contributed by atoms with E-state index in [9.17, 15) is 18.0 Å². The molecule has 0 aliphatic heterocycles. The smallest absolute Gasteiger partial charge is 0.259 e. The van der Waals surface area contributed by atoms with Crippen LogP contribution in [0, 0.1) is 17.5 Å². The predicted molar refractivity (Wildman–Crippen MR) is 62.9 cm³/mol. The zero-order valence-corrected chi connectivity index (χ0v) is 9.45. The van der Waals surface area contributed by atoms with Crippen LogP contribution in [0.3, 0.4) is 0 Å². The molecule has 0 spiro atoms. The Morgan fingerprint density at radius 2 is 1.89 bits per heavy atom. The minimum atomic E-state index is -1.70. The molecule has 1 amide bonds. The summed E-state index contributed by atoms with van der Waals surface area (Å²) in [5.74, 6) is -5.49. The Balaban J connectivity index is 2.28. The molecule has 0 fully saturated rings. The van der Waals surface area contributed by atoms with Crippen LogP contribution in [0.15, 0.2) is 30.5 Å².